The van der Waals surface area contributed by atoms with E-state index in [1.807, 2.05) is 18.2 Å². The molecule has 0 bridgehead atoms. The van der Waals surface area contributed by atoms with Gasteiger partial charge in [-0.25, -0.2) is 8.78 Å². The van der Waals surface area contributed by atoms with E-state index in [1.165, 1.54) is 12.1 Å². The van der Waals surface area contributed by atoms with Gasteiger partial charge in [-0.15, -0.1) is 24.0 Å². The number of nitrogens with zero attached hydrogens (tertiary/aromatic N) is 1. The van der Waals surface area contributed by atoms with Crippen LogP contribution in [0.15, 0.2) is 47.5 Å². The third-order valence-electron chi connectivity index (χ3n) is 3.17. The van der Waals surface area contributed by atoms with Crippen molar-refractivity contribution in [1.82, 2.24) is 0 Å². The summed E-state index contributed by atoms with van der Waals surface area (Å²) in [6, 6.07) is 10.8. The van der Waals surface area contributed by atoms with Crippen molar-refractivity contribution in [3.05, 3.63) is 59.7 Å². The van der Waals surface area contributed by atoms with E-state index >= 15 is 0 Å². The number of hydrogen-bond acceptors (Lipinski definition) is 2. The zero-order valence-electron chi connectivity index (χ0n) is 13.3. The van der Waals surface area contributed by atoms with Gasteiger partial charge in [0.15, 0.2) is 5.96 Å². The Hall–Kier alpha value is -1.90. The van der Waals surface area contributed by atoms with Crippen LogP contribution in [-0.2, 0) is 6.42 Å². The highest BCUT2D eigenvalue weighted by molar-refractivity contribution is 14.0. The maximum atomic E-state index is 13.1. The molecule has 0 spiro atoms. The molecule has 2 rings (SSSR count). The lowest BCUT2D eigenvalue weighted by Gasteiger charge is -2.07. The van der Waals surface area contributed by atoms with Crippen LogP contribution in [0.5, 0.6) is 5.75 Å². The van der Waals surface area contributed by atoms with E-state index < -0.39 is 11.6 Å². The van der Waals surface area contributed by atoms with E-state index in [1.54, 1.807) is 13.2 Å². The predicted molar refractivity (Wildman–Crippen MR) is 103 cm³/mol. The Bertz CT molecular complexity index is 675. The first-order valence-corrected chi connectivity index (χ1v) is 7.23. The summed E-state index contributed by atoms with van der Waals surface area (Å²) in [5.41, 5.74) is 7.19. The number of benzene rings is 2. The van der Waals surface area contributed by atoms with Crippen LogP contribution in [0.4, 0.5) is 14.5 Å². The minimum absolute atomic E-state index is 0. The molecule has 0 saturated heterocycles. The highest BCUT2D eigenvalue weighted by Crippen LogP contribution is 2.16. The van der Waals surface area contributed by atoms with E-state index in [-0.39, 0.29) is 29.9 Å². The smallest absolute Gasteiger partial charge is 0.193 e. The van der Waals surface area contributed by atoms with E-state index in [4.69, 9.17) is 10.5 Å². The second kappa shape index (κ2) is 10.1. The summed E-state index contributed by atoms with van der Waals surface area (Å²) in [4.78, 5) is 4.19. The number of aliphatic imine (C=N–C) groups is 1. The van der Waals surface area contributed by atoms with E-state index in [9.17, 15) is 8.78 Å². The van der Waals surface area contributed by atoms with Crippen molar-refractivity contribution < 1.29 is 13.5 Å². The fourth-order valence-corrected chi connectivity index (χ4v) is 2.13. The van der Waals surface area contributed by atoms with Crippen LogP contribution in [0, 0.1) is 11.6 Å². The molecule has 0 aromatic heterocycles. The third kappa shape index (κ3) is 6.69. The Balaban J connectivity index is 0.00000288. The van der Waals surface area contributed by atoms with Gasteiger partial charge in [0, 0.05) is 24.4 Å². The summed E-state index contributed by atoms with van der Waals surface area (Å²) >= 11 is 0. The van der Waals surface area contributed by atoms with Crippen LogP contribution < -0.4 is 15.8 Å². The van der Waals surface area contributed by atoms with Gasteiger partial charge >= 0.3 is 0 Å². The Morgan fingerprint density at radius 1 is 1.17 bits per heavy atom. The topological polar surface area (TPSA) is 59.6 Å². The van der Waals surface area contributed by atoms with Crippen LogP contribution >= 0.6 is 24.0 Å². The Labute approximate surface area is 157 Å². The molecule has 2 aromatic rings. The number of aryl methyl sites for hydroxylation is 1. The number of halogens is 3. The largest absolute Gasteiger partial charge is 0.497 e. The molecule has 0 saturated carbocycles. The van der Waals surface area contributed by atoms with Crippen molar-refractivity contribution in [3.63, 3.8) is 0 Å². The molecule has 0 fully saturated rings. The molecule has 7 heteroatoms. The number of hydrogen-bond donors (Lipinski definition) is 2. The second-order valence-corrected chi connectivity index (χ2v) is 5.01. The number of rotatable bonds is 6. The van der Waals surface area contributed by atoms with Crippen LogP contribution in [0.2, 0.25) is 0 Å². The minimum atomic E-state index is -0.567. The molecule has 0 unspecified atom stereocenters. The molecule has 0 aliphatic rings. The highest BCUT2D eigenvalue weighted by Gasteiger charge is 2.01. The van der Waals surface area contributed by atoms with E-state index in [0.717, 1.165) is 17.5 Å². The summed E-state index contributed by atoms with van der Waals surface area (Å²) < 4.78 is 31.2. The first-order chi connectivity index (χ1) is 11.1. The number of guanidine groups is 1. The van der Waals surface area contributed by atoms with Crippen molar-refractivity contribution in [3.8, 4) is 5.75 Å². The number of methoxy groups -OCH3 is 1. The van der Waals surface area contributed by atoms with Crippen molar-refractivity contribution in [1.29, 1.82) is 0 Å². The normalized spacial score (nSPS) is 10.9. The number of nitrogens with one attached hydrogen (secondary N) is 1. The van der Waals surface area contributed by atoms with Gasteiger partial charge in [0.2, 0.25) is 0 Å². The van der Waals surface area contributed by atoms with Crippen LogP contribution in [0.3, 0.4) is 0 Å². The fraction of sp³-hybridized carbons (Fsp3) is 0.235. The van der Waals surface area contributed by atoms with Gasteiger partial charge in [-0.2, -0.15) is 0 Å². The van der Waals surface area contributed by atoms with Crippen LogP contribution in [-0.4, -0.2) is 19.6 Å². The first kappa shape index (κ1) is 20.1. The van der Waals surface area contributed by atoms with Gasteiger partial charge in [0.25, 0.3) is 0 Å². The Morgan fingerprint density at radius 2 is 1.88 bits per heavy atom. The minimum Gasteiger partial charge on any atom is -0.497 e. The average Bonchev–Trinajstić information content (AvgIpc) is 2.51. The molecule has 0 amide bonds. The molecule has 0 heterocycles. The molecule has 0 atom stereocenters. The summed E-state index contributed by atoms with van der Waals surface area (Å²) in [6.45, 7) is 0.459. The van der Waals surface area contributed by atoms with Gasteiger partial charge in [0.1, 0.15) is 17.4 Å². The summed E-state index contributed by atoms with van der Waals surface area (Å²) in [5, 5.41) is 2.96. The zero-order chi connectivity index (χ0) is 16.7. The Morgan fingerprint density at radius 3 is 2.54 bits per heavy atom. The van der Waals surface area contributed by atoms with Gasteiger partial charge in [-0.05, 0) is 42.7 Å². The zero-order valence-corrected chi connectivity index (χ0v) is 15.6. The molecule has 24 heavy (non-hydrogen) atoms. The number of anilines is 1. The molecule has 2 aromatic carbocycles. The van der Waals surface area contributed by atoms with Gasteiger partial charge in [0.05, 0.1) is 7.11 Å². The molecule has 4 nitrogen and oxygen atoms in total. The van der Waals surface area contributed by atoms with Crippen molar-refractivity contribution in [2.75, 3.05) is 19.0 Å². The maximum Gasteiger partial charge on any atom is 0.193 e. The lowest BCUT2D eigenvalue weighted by Crippen LogP contribution is -2.22. The van der Waals surface area contributed by atoms with Gasteiger partial charge < -0.3 is 15.8 Å². The summed E-state index contributed by atoms with van der Waals surface area (Å²) in [7, 11) is 1.59. The molecular formula is C17H20F2IN3O. The molecule has 0 radical (unpaired) electrons. The standard InChI is InChI=1S/C17H19F2N3O.HI/c1-23-16-6-2-5-15(11-16)22-17(20)21-7-3-4-12-8-13(18)10-14(19)9-12;/h2,5-6,8-11H,3-4,7H2,1H3,(H3,20,21,22);1H. The lowest BCUT2D eigenvalue weighted by atomic mass is 10.1. The van der Waals surface area contributed by atoms with Gasteiger partial charge in [-0.3, -0.25) is 4.99 Å². The molecule has 3 N–H and O–H groups in total. The van der Waals surface area contributed by atoms with Gasteiger partial charge in [-0.1, -0.05) is 6.07 Å². The van der Waals surface area contributed by atoms with Crippen molar-refractivity contribution in [2.24, 2.45) is 10.7 Å². The van der Waals surface area contributed by atoms with Crippen molar-refractivity contribution in [2.45, 2.75) is 12.8 Å². The highest BCUT2D eigenvalue weighted by atomic mass is 127. The number of nitrogens with two attached hydrogens (primary N) is 1. The monoisotopic (exact) mass is 447 g/mol. The predicted octanol–water partition coefficient (Wildman–Crippen LogP) is 3.95. The SMILES string of the molecule is COc1cccc(NC(N)=NCCCc2cc(F)cc(F)c2)c1.I. The lowest BCUT2D eigenvalue weighted by molar-refractivity contribution is 0.415. The summed E-state index contributed by atoms with van der Waals surface area (Å²) in [6.07, 6.45) is 1.17. The van der Waals surface area contributed by atoms with E-state index in [2.05, 4.69) is 10.3 Å². The third-order valence-corrected chi connectivity index (χ3v) is 3.17. The van der Waals surface area contributed by atoms with E-state index in [0.29, 0.717) is 24.9 Å². The molecule has 0 aliphatic heterocycles. The van der Waals surface area contributed by atoms with Crippen LogP contribution in [0.25, 0.3) is 0 Å². The van der Waals surface area contributed by atoms with Crippen molar-refractivity contribution >= 4 is 35.6 Å². The second-order valence-electron chi connectivity index (χ2n) is 5.01. The number of ether oxygens (including phenoxy) is 1. The first-order valence-electron chi connectivity index (χ1n) is 7.23. The average molecular weight is 447 g/mol. The fourth-order valence-electron chi connectivity index (χ4n) is 2.13. The summed E-state index contributed by atoms with van der Waals surface area (Å²) in [5.74, 6) is -0.134. The molecule has 0 aliphatic carbocycles. The Kier molecular flexibility index (Phi) is 8.45. The van der Waals surface area contributed by atoms with Crippen LogP contribution in [0.1, 0.15) is 12.0 Å². The molecular weight excluding hydrogens is 427 g/mol. The molecule has 130 valence electrons. The maximum absolute atomic E-state index is 13.1. The quantitative estimate of drug-likeness (QED) is 0.305.